The molecule has 0 bridgehead atoms. The smallest absolute Gasteiger partial charge is 0.171 e. The van der Waals surface area contributed by atoms with Crippen molar-refractivity contribution < 1.29 is 4.79 Å². The van der Waals surface area contributed by atoms with E-state index in [1.807, 2.05) is 6.92 Å². The van der Waals surface area contributed by atoms with Crippen molar-refractivity contribution in [3.8, 4) is 0 Å². The Labute approximate surface area is 82.0 Å². The Kier molecular flexibility index (Phi) is 1.80. The van der Waals surface area contributed by atoms with Crippen LogP contribution in [0.3, 0.4) is 0 Å². The molecule has 0 atom stereocenters. The summed E-state index contributed by atoms with van der Waals surface area (Å²) in [6.45, 7) is 5.75. The largest absolute Gasteiger partial charge is 0.294 e. The van der Waals surface area contributed by atoms with Crippen LogP contribution in [0.15, 0.2) is 0 Å². The Balaban J connectivity index is 2.41. The fourth-order valence-corrected chi connectivity index (χ4v) is 2.55. The van der Waals surface area contributed by atoms with Crippen LogP contribution in [0.5, 0.6) is 0 Å². The van der Waals surface area contributed by atoms with Crippen molar-refractivity contribution in [1.29, 1.82) is 0 Å². The van der Waals surface area contributed by atoms with E-state index in [0.29, 0.717) is 5.41 Å². The van der Waals surface area contributed by atoms with Crippen molar-refractivity contribution in [3.63, 3.8) is 0 Å². The van der Waals surface area contributed by atoms with E-state index in [-0.39, 0.29) is 5.78 Å². The molecule has 0 saturated heterocycles. The van der Waals surface area contributed by atoms with Crippen molar-refractivity contribution in [1.82, 2.24) is 4.98 Å². The SMILES string of the molecule is CC(=O)c1sc(C2(C)CC2)nc1C. The molecular formula is C10H13NOS. The maximum absolute atomic E-state index is 11.2. The predicted octanol–water partition coefficient (Wildman–Crippen LogP) is 2.71. The van der Waals surface area contributed by atoms with Crippen LogP contribution in [0.25, 0.3) is 0 Å². The molecule has 1 heterocycles. The van der Waals surface area contributed by atoms with Crippen LogP contribution >= 0.6 is 11.3 Å². The molecule has 1 aliphatic rings. The van der Waals surface area contributed by atoms with E-state index in [9.17, 15) is 4.79 Å². The molecule has 0 spiro atoms. The molecule has 0 unspecified atom stereocenters. The molecule has 0 radical (unpaired) electrons. The van der Waals surface area contributed by atoms with Gasteiger partial charge in [-0.25, -0.2) is 4.98 Å². The second-order valence-electron chi connectivity index (χ2n) is 4.05. The summed E-state index contributed by atoms with van der Waals surface area (Å²) in [5, 5.41) is 1.15. The normalized spacial score (nSPS) is 18.7. The number of carbonyl (C=O) groups excluding carboxylic acids is 1. The fraction of sp³-hybridized carbons (Fsp3) is 0.600. The minimum Gasteiger partial charge on any atom is -0.294 e. The molecule has 2 nitrogen and oxygen atoms in total. The van der Waals surface area contributed by atoms with Crippen LogP contribution in [0, 0.1) is 6.92 Å². The molecular weight excluding hydrogens is 182 g/mol. The lowest BCUT2D eigenvalue weighted by Crippen LogP contribution is -1.97. The molecule has 1 aromatic heterocycles. The van der Waals surface area contributed by atoms with E-state index in [4.69, 9.17) is 0 Å². The van der Waals surface area contributed by atoms with Gasteiger partial charge in [-0.15, -0.1) is 11.3 Å². The molecule has 1 aliphatic carbocycles. The Hall–Kier alpha value is -0.700. The van der Waals surface area contributed by atoms with Crippen LogP contribution in [0.4, 0.5) is 0 Å². The van der Waals surface area contributed by atoms with Gasteiger partial charge in [-0.05, 0) is 19.8 Å². The number of hydrogen-bond donors (Lipinski definition) is 0. The molecule has 0 N–H and O–H groups in total. The Bertz CT molecular complexity index is 363. The zero-order valence-corrected chi connectivity index (χ0v) is 8.99. The number of hydrogen-bond acceptors (Lipinski definition) is 3. The molecule has 0 aliphatic heterocycles. The molecule has 13 heavy (non-hydrogen) atoms. The summed E-state index contributed by atoms with van der Waals surface area (Å²) >= 11 is 1.58. The number of aromatic nitrogens is 1. The number of ketones is 1. The predicted molar refractivity (Wildman–Crippen MR) is 53.4 cm³/mol. The quantitative estimate of drug-likeness (QED) is 0.679. The lowest BCUT2D eigenvalue weighted by molar-refractivity contribution is 0.102. The minimum absolute atomic E-state index is 0.144. The summed E-state index contributed by atoms with van der Waals surface area (Å²) in [4.78, 5) is 16.5. The lowest BCUT2D eigenvalue weighted by atomic mass is 10.2. The minimum atomic E-state index is 0.144. The van der Waals surface area contributed by atoms with Gasteiger partial charge in [0.25, 0.3) is 0 Å². The summed E-state index contributed by atoms with van der Waals surface area (Å²) < 4.78 is 0. The van der Waals surface area contributed by atoms with E-state index >= 15 is 0 Å². The number of rotatable bonds is 2. The fourth-order valence-electron chi connectivity index (χ4n) is 1.38. The molecule has 1 saturated carbocycles. The average Bonchev–Trinajstić information content (AvgIpc) is 2.63. The number of carbonyl (C=O) groups is 1. The monoisotopic (exact) mass is 195 g/mol. The molecule has 3 heteroatoms. The van der Waals surface area contributed by atoms with Gasteiger partial charge in [0.15, 0.2) is 5.78 Å². The van der Waals surface area contributed by atoms with Gasteiger partial charge < -0.3 is 0 Å². The summed E-state index contributed by atoms with van der Waals surface area (Å²) in [5.74, 6) is 0.144. The van der Waals surface area contributed by atoms with Gasteiger partial charge in [-0.3, -0.25) is 4.79 Å². The van der Waals surface area contributed by atoms with Gasteiger partial charge >= 0.3 is 0 Å². The van der Waals surface area contributed by atoms with Crippen LogP contribution in [0.1, 0.15) is 47.1 Å². The summed E-state index contributed by atoms with van der Waals surface area (Å²) in [5.41, 5.74) is 1.20. The van der Waals surface area contributed by atoms with E-state index in [0.717, 1.165) is 15.6 Å². The van der Waals surface area contributed by atoms with Crippen molar-refractivity contribution in [2.45, 2.75) is 39.0 Å². The Morgan fingerprint density at radius 3 is 2.54 bits per heavy atom. The van der Waals surface area contributed by atoms with E-state index in [1.54, 1.807) is 18.3 Å². The third kappa shape index (κ3) is 1.41. The van der Waals surface area contributed by atoms with Crippen LogP contribution in [-0.4, -0.2) is 10.8 Å². The van der Waals surface area contributed by atoms with Crippen LogP contribution < -0.4 is 0 Å². The third-order valence-electron chi connectivity index (χ3n) is 2.63. The number of Topliss-reactive ketones (excluding diaryl/α,β-unsaturated/α-hetero) is 1. The molecule has 1 aromatic rings. The number of thiazole rings is 1. The van der Waals surface area contributed by atoms with Crippen LogP contribution in [0.2, 0.25) is 0 Å². The molecule has 2 rings (SSSR count). The molecule has 0 amide bonds. The highest BCUT2D eigenvalue weighted by Crippen LogP contribution is 2.49. The summed E-state index contributed by atoms with van der Waals surface area (Å²) in [6.07, 6.45) is 2.44. The molecule has 70 valence electrons. The van der Waals surface area contributed by atoms with E-state index in [2.05, 4.69) is 11.9 Å². The van der Waals surface area contributed by atoms with E-state index < -0.39 is 0 Å². The van der Waals surface area contributed by atoms with Gasteiger partial charge in [0.05, 0.1) is 15.6 Å². The van der Waals surface area contributed by atoms with E-state index in [1.165, 1.54) is 12.8 Å². The van der Waals surface area contributed by atoms with Crippen molar-refractivity contribution in [2.75, 3.05) is 0 Å². The van der Waals surface area contributed by atoms with Gasteiger partial charge in [0.2, 0.25) is 0 Å². The van der Waals surface area contributed by atoms with Gasteiger partial charge in [-0.1, -0.05) is 6.92 Å². The van der Waals surface area contributed by atoms with Crippen molar-refractivity contribution >= 4 is 17.1 Å². The highest BCUT2D eigenvalue weighted by atomic mass is 32.1. The first-order chi connectivity index (χ1) is 6.03. The second kappa shape index (κ2) is 2.64. The highest BCUT2D eigenvalue weighted by molar-refractivity contribution is 7.14. The topological polar surface area (TPSA) is 30.0 Å². The number of nitrogens with zero attached hydrogens (tertiary/aromatic N) is 1. The zero-order valence-electron chi connectivity index (χ0n) is 8.18. The first kappa shape index (κ1) is 8.88. The highest BCUT2D eigenvalue weighted by Gasteiger charge is 2.42. The maximum atomic E-state index is 11.2. The third-order valence-corrected chi connectivity index (χ3v) is 4.20. The summed E-state index contributed by atoms with van der Waals surface area (Å²) in [7, 11) is 0. The first-order valence-electron chi connectivity index (χ1n) is 4.52. The first-order valence-corrected chi connectivity index (χ1v) is 5.33. The summed E-state index contributed by atoms with van der Waals surface area (Å²) in [6, 6.07) is 0. The zero-order chi connectivity index (χ0) is 9.64. The standard InChI is InChI=1S/C10H13NOS/c1-6-8(7(2)12)13-9(11-6)10(3)4-5-10/h4-5H2,1-3H3. The van der Waals surface area contributed by atoms with Crippen molar-refractivity contribution in [3.05, 3.63) is 15.6 Å². The van der Waals surface area contributed by atoms with Gasteiger partial charge in [0, 0.05) is 12.3 Å². The number of aryl methyl sites for hydroxylation is 1. The Morgan fingerprint density at radius 2 is 2.15 bits per heavy atom. The Morgan fingerprint density at radius 1 is 1.54 bits per heavy atom. The van der Waals surface area contributed by atoms with Crippen LogP contribution in [-0.2, 0) is 5.41 Å². The second-order valence-corrected chi connectivity index (χ2v) is 5.05. The average molecular weight is 195 g/mol. The lowest BCUT2D eigenvalue weighted by Gasteiger charge is -1.99. The van der Waals surface area contributed by atoms with Crippen molar-refractivity contribution in [2.24, 2.45) is 0 Å². The molecule has 0 aromatic carbocycles. The maximum Gasteiger partial charge on any atom is 0.171 e. The van der Waals surface area contributed by atoms with Gasteiger partial charge in [-0.2, -0.15) is 0 Å². The van der Waals surface area contributed by atoms with Gasteiger partial charge in [0.1, 0.15) is 0 Å². The molecule has 1 fully saturated rings.